The van der Waals surface area contributed by atoms with Crippen molar-refractivity contribution in [3.05, 3.63) is 22.8 Å². The number of carboxylic acids is 1. The van der Waals surface area contributed by atoms with E-state index >= 15 is 0 Å². The Bertz CT molecular complexity index is 555. The molecule has 112 valence electrons. The summed E-state index contributed by atoms with van der Waals surface area (Å²) >= 11 is 3.36. The first kappa shape index (κ1) is 14.3. The Labute approximate surface area is 130 Å². The first-order valence-corrected chi connectivity index (χ1v) is 7.73. The molecule has 1 aromatic rings. The highest BCUT2D eigenvalue weighted by Gasteiger charge is 2.50. The molecule has 1 aromatic heterocycles. The largest absolute Gasteiger partial charge is 0.481 e. The predicted octanol–water partition coefficient (Wildman–Crippen LogP) is 1.21. The average Bonchev–Trinajstić information content (AvgIpc) is 3.28. The maximum atomic E-state index is 12.2. The molecule has 7 heteroatoms. The number of amides is 1. The number of aliphatic carboxylic acids is 1. The van der Waals surface area contributed by atoms with Crippen molar-refractivity contribution in [3.63, 3.8) is 0 Å². The van der Waals surface area contributed by atoms with Gasteiger partial charge in [0.15, 0.2) is 0 Å². The number of aromatic nitrogens is 1. The molecular formula is C14H16BrN3O3. The van der Waals surface area contributed by atoms with Crippen molar-refractivity contribution in [2.45, 2.75) is 6.42 Å². The van der Waals surface area contributed by atoms with E-state index in [-0.39, 0.29) is 11.8 Å². The van der Waals surface area contributed by atoms with Crippen LogP contribution in [-0.2, 0) is 9.59 Å². The number of carbonyl (C=O) groups is 2. The molecule has 0 radical (unpaired) electrons. The van der Waals surface area contributed by atoms with Crippen LogP contribution in [0.4, 0.5) is 5.82 Å². The van der Waals surface area contributed by atoms with Gasteiger partial charge in [-0.15, -0.1) is 0 Å². The number of carboxylic acid groups (broad SMARTS) is 1. The Hall–Kier alpha value is -1.63. The zero-order chi connectivity index (χ0) is 15.0. The monoisotopic (exact) mass is 353 g/mol. The summed E-state index contributed by atoms with van der Waals surface area (Å²) in [7, 11) is 0. The molecule has 2 unspecified atom stereocenters. The Morgan fingerprint density at radius 1 is 1.19 bits per heavy atom. The minimum absolute atomic E-state index is 0.00850. The maximum absolute atomic E-state index is 12.2. The van der Waals surface area contributed by atoms with Crippen LogP contribution in [0.1, 0.15) is 6.42 Å². The Balaban J connectivity index is 1.54. The molecule has 2 fully saturated rings. The van der Waals surface area contributed by atoms with E-state index in [1.807, 2.05) is 12.1 Å². The summed E-state index contributed by atoms with van der Waals surface area (Å²) in [5, 5.41) is 8.89. The molecule has 2 heterocycles. The number of halogens is 1. The first-order chi connectivity index (χ1) is 10.1. The second-order valence-corrected chi connectivity index (χ2v) is 6.35. The molecule has 21 heavy (non-hydrogen) atoms. The van der Waals surface area contributed by atoms with Gasteiger partial charge in [-0.2, -0.15) is 0 Å². The highest BCUT2D eigenvalue weighted by atomic mass is 79.9. The summed E-state index contributed by atoms with van der Waals surface area (Å²) in [5.41, 5.74) is 0. The quantitative estimate of drug-likeness (QED) is 0.884. The lowest BCUT2D eigenvalue weighted by molar-refractivity contribution is -0.142. The van der Waals surface area contributed by atoms with Gasteiger partial charge in [0.25, 0.3) is 0 Å². The fourth-order valence-corrected chi connectivity index (χ4v) is 2.92. The van der Waals surface area contributed by atoms with E-state index < -0.39 is 11.9 Å². The molecule has 1 saturated heterocycles. The fraction of sp³-hybridized carbons (Fsp3) is 0.500. The number of rotatable bonds is 3. The van der Waals surface area contributed by atoms with Crippen LogP contribution in [0, 0.1) is 11.8 Å². The van der Waals surface area contributed by atoms with Gasteiger partial charge in [-0.1, -0.05) is 0 Å². The fourth-order valence-electron chi connectivity index (χ4n) is 2.69. The van der Waals surface area contributed by atoms with Crippen LogP contribution < -0.4 is 4.90 Å². The van der Waals surface area contributed by atoms with Gasteiger partial charge in [0.2, 0.25) is 5.91 Å². The Morgan fingerprint density at radius 2 is 1.90 bits per heavy atom. The zero-order valence-electron chi connectivity index (χ0n) is 11.4. The number of nitrogens with zero attached hydrogens (tertiary/aromatic N) is 3. The van der Waals surface area contributed by atoms with Crippen LogP contribution in [0.25, 0.3) is 0 Å². The molecule has 1 N–H and O–H groups in total. The normalized spacial score (nSPS) is 24.8. The minimum Gasteiger partial charge on any atom is -0.481 e. The van der Waals surface area contributed by atoms with Gasteiger partial charge in [-0.25, -0.2) is 4.98 Å². The average molecular weight is 354 g/mol. The van der Waals surface area contributed by atoms with Gasteiger partial charge >= 0.3 is 5.97 Å². The van der Waals surface area contributed by atoms with Crippen LogP contribution >= 0.6 is 15.9 Å². The first-order valence-electron chi connectivity index (χ1n) is 6.94. The number of carbonyl (C=O) groups excluding carboxylic acids is 1. The third-order valence-corrected chi connectivity index (χ3v) is 4.52. The molecule has 0 aromatic carbocycles. The molecule has 1 saturated carbocycles. The lowest BCUT2D eigenvalue weighted by atomic mass is 10.2. The third-order valence-electron chi connectivity index (χ3n) is 4.05. The number of anilines is 1. The number of hydrogen-bond acceptors (Lipinski definition) is 4. The molecule has 1 amide bonds. The summed E-state index contributed by atoms with van der Waals surface area (Å²) < 4.78 is 0.938. The van der Waals surface area contributed by atoms with Crippen LogP contribution in [0.2, 0.25) is 0 Å². The second-order valence-electron chi connectivity index (χ2n) is 5.43. The second kappa shape index (κ2) is 5.63. The van der Waals surface area contributed by atoms with Crippen molar-refractivity contribution in [2.75, 3.05) is 31.1 Å². The zero-order valence-corrected chi connectivity index (χ0v) is 13.0. The maximum Gasteiger partial charge on any atom is 0.307 e. The smallest absolute Gasteiger partial charge is 0.307 e. The molecule has 6 nitrogen and oxygen atoms in total. The summed E-state index contributed by atoms with van der Waals surface area (Å²) in [6.45, 7) is 2.70. The van der Waals surface area contributed by atoms with E-state index in [4.69, 9.17) is 5.11 Å². The lowest BCUT2D eigenvalue weighted by Crippen LogP contribution is -2.49. The van der Waals surface area contributed by atoms with Crippen molar-refractivity contribution in [1.82, 2.24) is 9.88 Å². The summed E-state index contributed by atoms with van der Waals surface area (Å²) in [4.78, 5) is 31.3. The van der Waals surface area contributed by atoms with E-state index in [2.05, 4.69) is 25.8 Å². The van der Waals surface area contributed by atoms with E-state index in [1.54, 1.807) is 11.1 Å². The number of hydrogen-bond donors (Lipinski definition) is 1. The van der Waals surface area contributed by atoms with Gasteiger partial charge < -0.3 is 14.9 Å². The van der Waals surface area contributed by atoms with E-state index in [1.165, 1.54) is 0 Å². The summed E-state index contributed by atoms with van der Waals surface area (Å²) in [5.74, 6) is -0.736. The van der Waals surface area contributed by atoms with E-state index in [9.17, 15) is 9.59 Å². The number of pyridine rings is 1. The Kier molecular flexibility index (Phi) is 3.84. The van der Waals surface area contributed by atoms with E-state index in [0.717, 1.165) is 23.4 Å². The van der Waals surface area contributed by atoms with Crippen molar-refractivity contribution in [3.8, 4) is 0 Å². The highest BCUT2D eigenvalue weighted by Crippen LogP contribution is 2.40. The van der Waals surface area contributed by atoms with Crippen molar-refractivity contribution in [1.29, 1.82) is 0 Å². The summed E-state index contributed by atoms with van der Waals surface area (Å²) in [6, 6.07) is 3.89. The van der Waals surface area contributed by atoms with Gasteiger partial charge in [-0.05, 0) is 34.5 Å². The number of piperazine rings is 1. The van der Waals surface area contributed by atoms with Crippen LogP contribution in [0.5, 0.6) is 0 Å². The SMILES string of the molecule is O=C(O)C1CC1C(=O)N1CCN(c2ccc(Br)cn2)CC1. The van der Waals surface area contributed by atoms with Crippen molar-refractivity contribution < 1.29 is 14.7 Å². The molecule has 0 bridgehead atoms. The molecule has 1 aliphatic heterocycles. The standard InChI is InChI=1S/C14H16BrN3O3/c15-9-1-2-12(16-8-9)17-3-5-18(6-4-17)13(19)10-7-11(10)14(20)21/h1-2,8,10-11H,3-7H2,(H,20,21). The van der Waals surface area contributed by atoms with Gasteiger partial charge in [0.1, 0.15) is 5.82 Å². The molecule has 3 rings (SSSR count). The van der Waals surface area contributed by atoms with Gasteiger partial charge in [0.05, 0.1) is 11.8 Å². The van der Waals surface area contributed by atoms with Crippen LogP contribution in [-0.4, -0.2) is 53.0 Å². The molecule has 0 spiro atoms. The molecule has 2 aliphatic rings. The van der Waals surface area contributed by atoms with Crippen LogP contribution in [0.3, 0.4) is 0 Å². The molecular weight excluding hydrogens is 338 g/mol. The molecule has 2 atom stereocenters. The van der Waals surface area contributed by atoms with Gasteiger partial charge in [-0.3, -0.25) is 9.59 Å². The van der Waals surface area contributed by atoms with E-state index in [0.29, 0.717) is 19.5 Å². The van der Waals surface area contributed by atoms with Crippen molar-refractivity contribution in [2.24, 2.45) is 11.8 Å². The lowest BCUT2D eigenvalue weighted by Gasteiger charge is -2.35. The minimum atomic E-state index is -0.856. The predicted molar refractivity (Wildman–Crippen MR) is 80.0 cm³/mol. The van der Waals surface area contributed by atoms with Crippen LogP contribution in [0.15, 0.2) is 22.8 Å². The van der Waals surface area contributed by atoms with Gasteiger partial charge in [0, 0.05) is 36.8 Å². The molecule has 1 aliphatic carbocycles. The highest BCUT2D eigenvalue weighted by molar-refractivity contribution is 9.10. The Morgan fingerprint density at radius 3 is 2.43 bits per heavy atom. The third kappa shape index (κ3) is 3.02. The van der Waals surface area contributed by atoms with Crippen molar-refractivity contribution >= 4 is 33.6 Å². The topological polar surface area (TPSA) is 73.7 Å². The summed E-state index contributed by atoms with van der Waals surface area (Å²) in [6.07, 6.45) is 2.25.